The van der Waals surface area contributed by atoms with Gasteiger partial charge >= 0.3 is 7.82 Å². The van der Waals surface area contributed by atoms with E-state index in [0.717, 1.165) is 51.4 Å². The van der Waals surface area contributed by atoms with Crippen molar-refractivity contribution in [2.75, 3.05) is 40.9 Å². The molecule has 0 aromatic heterocycles. The molecule has 0 aliphatic heterocycles. The second-order valence-electron chi connectivity index (χ2n) is 18.5. The van der Waals surface area contributed by atoms with E-state index in [1.54, 1.807) is 6.08 Å². The van der Waals surface area contributed by atoms with Crippen molar-refractivity contribution in [1.82, 2.24) is 5.32 Å². The van der Waals surface area contributed by atoms with Gasteiger partial charge in [-0.25, -0.2) is 4.57 Å². The Balaban J connectivity index is 4.12. The molecular weight excluding hydrogens is 780 g/mol. The number of likely N-dealkylation sites (N-methyl/N-ethyl adjacent to an activating group) is 1. The summed E-state index contributed by atoms with van der Waals surface area (Å²) < 4.78 is 23.5. The molecule has 8 nitrogen and oxygen atoms in total. The number of unbranched alkanes of at least 4 members (excludes halogenated alkanes) is 27. The lowest BCUT2D eigenvalue weighted by atomic mass is 10.0. The molecule has 3 N–H and O–H groups in total. The zero-order valence-electron chi connectivity index (χ0n) is 40.7. The Hall–Kier alpha value is -1.54. The van der Waals surface area contributed by atoms with Gasteiger partial charge in [0, 0.05) is 6.42 Å². The van der Waals surface area contributed by atoms with E-state index >= 15 is 0 Å². The fourth-order valence-electron chi connectivity index (χ4n) is 7.19. The van der Waals surface area contributed by atoms with Gasteiger partial charge in [0.25, 0.3) is 0 Å². The van der Waals surface area contributed by atoms with Crippen molar-refractivity contribution in [2.45, 2.75) is 238 Å². The number of aliphatic hydroxyl groups is 1. The third-order valence-corrected chi connectivity index (χ3v) is 12.2. The number of allylic oxidation sites excluding steroid dienone is 7. The summed E-state index contributed by atoms with van der Waals surface area (Å²) in [5.41, 5.74) is 0. The number of carbonyl (C=O) groups excluding carboxylic acids is 1. The molecule has 1 amide bonds. The molecule has 0 heterocycles. The van der Waals surface area contributed by atoms with Crippen LogP contribution in [0.4, 0.5) is 0 Å². The summed E-state index contributed by atoms with van der Waals surface area (Å²) in [6.45, 7) is 4.71. The van der Waals surface area contributed by atoms with Crippen LogP contribution in [0.1, 0.15) is 226 Å². The third-order valence-electron chi connectivity index (χ3n) is 11.2. The largest absolute Gasteiger partial charge is 0.472 e. The number of nitrogens with one attached hydrogen (secondary N) is 1. The van der Waals surface area contributed by atoms with Gasteiger partial charge in [-0.3, -0.25) is 13.8 Å². The number of nitrogens with zero attached hydrogens (tertiary/aromatic N) is 1. The molecule has 0 aromatic rings. The van der Waals surface area contributed by atoms with Crippen LogP contribution in [0.5, 0.6) is 0 Å². The number of carbonyl (C=O) groups is 1. The van der Waals surface area contributed by atoms with Crippen LogP contribution in [0.3, 0.4) is 0 Å². The molecule has 0 spiro atoms. The van der Waals surface area contributed by atoms with Crippen molar-refractivity contribution in [3.05, 3.63) is 48.6 Å². The average Bonchev–Trinajstić information content (AvgIpc) is 3.21. The molecule has 0 radical (unpaired) electrons. The molecule has 61 heavy (non-hydrogen) atoms. The van der Waals surface area contributed by atoms with Gasteiger partial charge in [-0.15, -0.1) is 0 Å². The number of phosphoric ester groups is 1. The highest BCUT2D eigenvalue weighted by atomic mass is 31.2. The third kappa shape index (κ3) is 46.3. The molecule has 9 heteroatoms. The Morgan fingerprint density at radius 2 is 0.934 bits per heavy atom. The Morgan fingerprint density at radius 3 is 1.38 bits per heavy atom. The van der Waals surface area contributed by atoms with Crippen molar-refractivity contribution in [3.63, 3.8) is 0 Å². The first-order valence-corrected chi connectivity index (χ1v) is 27.0. The summed E-state index contributed by atoms with van der Waals surface area (Å²) in [4.78, 5) is 23.1. The molecule has 0 aliphatic carbocycles. The minimum Gasteiger partial charge on any atom is -0.387 e. The van der Waals surface area contributed by atoms with Gasteiger partial charge in [0.05, 0.1) is 39.9 Å². The van der Waals surface area contributed by atoms with E-state index in [0.29, 0.717) is 17.4 Å². The van der Waals surface area contributed by atoms with Crippen LogP contribution in [0.2, 0.25) is 0 Å². The molecule has 0 rings (SSSR count). The molecule has 0 bridgehead atoms. The molecule has 3 atom stereocenters. The Bertz CT molecular complexity index is 1130. The predicted molar refractivity (Wildman–Crippen MR) is 263 cm³/mol. The van der Waals surface area contributed by atoms with Gasteiger partial charge in [-0.05, 0) is 64.2 Å². The van der Waals surface area contributed by atoms with Gasteiger partial charge in [0.2, 0.25) is 5.91 Å². The molecule has 0 saturated carbocycles. The topological polar surface area (TPSA) is 105 Å². The maximum absolute atomic E-state index is 12.9. The number of rotatable bonds is 46. The van der Waals surface area contributed by atoms with Crippen LogP contribution in [-0.4, -0.2) is 73.4 Å². The summed E-state index contributed by atoms with van der Waals surface area (Å²) in [6, 6.07) is -0.868. The van der Waals surface area contributed by atoms with Gasteiger partial charge in [-0.2, -0.15) is 0 Å². The predicted octanol–water partition coefficient (Wildman–Crippen LogP) is 14.8. The van der Waals surface area contributed by atoms with Crippen molar-refractivity contribution in [3.8, 4) is 0 Å². The lowest BCUT2D eigenvalue weighted by molar-refractivity contribution is -0.870. The summed E-state index contributed by atoms with van der Waals surface area (Å²) in [7, 11) is 1.54. The normalized spacial score (nSPS) is 14.5. The second kappa shape index (κ2) is 43.7. The minimum absolute atomic E-state index is 0.0527. The molecule has 0 fully saturated rings. The number of quaternary nitrogens is 1. The fraction of sp³-hybridized carbons (Fsp3) is 0.827. The monoisotopic (exact) mass is 880 g/mol. The van der Waals surface area contributed by atoms with E-state index in [9.17, 15) is 19.4 Å². The van der Waals surface area contributed by atoms with E-state index in [4.69, 9.17) is 9.05 Å². The summed E-state index contributed by atoms with van der Waals surface area (Å²) in [5.74, 6) is -0.193. The van der Waals surface area contributed by atoms with Gasteiger partial charge in [0.1, 0.15) is 13.2 Å². The number of hydrogen-bond acceptors (Lipinski definition) is 5. The number of amides is 1. The summed E-state index contributed by atoms with van der Waals surface area (Å²) in [6.07, 6.45) is 56.5. The van der Waals surface area contributed by atoms with Crippen molar-refractivity contribution in [1.29, 1.82) is 0 Å². The zero-order valence-corrected chi connectivity index (χ0v) is 41.5. The second-order valence-corrected chi connectivity index (χ2v) is 20.0. The van der Waals surface area contributed by atoms with Crippen LogP contribution in [0.15, 0.2) is 48.6 Å². The lowest BCUT2D eigenvalue weighted by Crippen LogP contribution is -2.45. The van der Waals surface area contributed by atoms with Crippen molar-refractivity contribution < 1.29 is 32.9 Å². The van der Waals surface area contributed by atoms with Crippen molar-refractivity contribution >= 4 is 13.7 Å². The van der Waals surface area contributed by atoms with E-state index in [-0.39, 0.29) is 19.1 Å². The average molecular weight is 880 g/mol. The number of phosphoric acid groups is 1. The van der Waals surface area contributed by atoms with E-state index in [1.165, 1.54) is 154 Å². The van der Waals surface area contributed by atoms with Gasteiger partial charge in [0.15, 0.2) is 0 Å². The Kier molecular flexibility index (Phi) is 42.6. The number of aliphatic hydroxyl groups excluding tert-OH is 1. The van der Waals surface area contributed by atoms with Gasteiger partial charge < -0.3 is 19.8 Å². The molecular formula is C52H100N2O6P+. The van der Waals surface area contributed by atoms with E-state index in [2.05, 4.69) is 55.6 Å². The molecule has 3 unspecified atom stereocenters. The molecule has 0 aromatic carbocycles. The lowest BCUT2D eigenvalue weighted by Gasteiger charge is -2.25. The van der Waals surface area contributed by atoms with Gasteiger partial charge in [-0.1, -0.05) is 204 Å². The van der Waals surface area contributed by atoms with E-state index < -0.39 is 20.0 Å². The van der Waals surface area contributed by atoms with Crippen LogP contribution in [-0.2, 0) is 18.4 Å². The first kappa shape index (κ1) is 59.5. The summed E-state index contributed by atoms with van der Waals surface area (Å²) >= 11 is 0. The van der Waals surface area contributed by atoms with Crippen LogP contribution >= 0.6 is 7.82 Å². The Morgan fingerprint density at radius 1 is 0.541 bits per heavy atom. The minimum atomic E-state index is -4.35. The van der Waals surface area contributed by atoms with E-state index in [1.807, 2.05) is 27.2 Å². The fourth-order valence-corrected chi connectivity index (χ4v) is 7.93. The zero-order chi connectivity index (χ0) is 45.0. The highest BCUT2D eigenvalue weighted by molar-refractivity contribution is 7.47. The molecule has 0 saturated heterocycles. The van der Waals surface area contributed by atoms with Crippen LogP contribution in [0.25, 0.3) is 0 Å². The SMILES string of the molecule is CCC/C=C/CC/C=C/CC/C=C/C(O)C(COP(=O)(O)OCC[N+](C)(C)C)NC(=O)CCCCCCCCCCCCCC/C=C\CCCCCCCCCCCCCC. The van der Waals surface area contributed by atoms with Crippen LogP contribution < -0.4 is 5.32 Å². The smallest absolute Gasteiger partial charge is 0.387 e. The standard InChI is InChI=1S/C52H99N2O6P/c1-6-8-10-12-14-16-18-19-20-21-22-23-24-25-26-27-28-29-30-31-32-33-34-36-38-40-42-44-46-52(56)53-50(49-60-61(57,58)59-48-47-54(3,4)5)51(55)45-43-41-39-37-35-17-15-13-11-9-7-2/h11,13,25-26,35,37,43,45,50-51,55H,6-10,12,14-24,27-34,36,38-42,44,46-49H2,1-5H3,(H-,53,56,57,58)/p+1/b13-11+,26-25-,37-35+,45-43+. The maximum Gasteiger partial charge on any atom is 0.472 e. The number of hydrogen-bond donors (Lipinski definition) is 3. The van der Waals surface area contributed by atoms with Crippen LogP contribution in [0, 0.1) is 0 Å². The highest BCUT2D eigenvalue weighted by Crippen LogP contribution is 2.43. The molecule has 0 aliphatic rings. The summed E-state index contributed by atoms with van der Waals surface area (Å²) in [5, 5.41) is 13.8. The quantitative estimate of drug-likeness (QED) is 0.0243. The van der Waals surface area contributed by atoms with Crippen molar-refractivity contribution in [2.24, 2.45) is 0 Å². The molecule has 358 valence electrons. The Labute approximate surface area is 378 Å². The maximum atomic E-state index is 12.9. The first-order valence-electron chi connectivity index (χ1n) is 25.5. The highest BCUT2D eigenvalue weighted by Gasteiger charge is 2.27. The first-order chi connectivity index (χ1) is 29.5.